The Balaban J connectivity index is 2.19. The molecule has 2 rings (SSSR count). The van der Waals surface area contributed by atoms with Gasteiger partial charge in [0.05, 0.1) is 5.56 Å². The van der Waals surface area contributed by atoms with Gasteiger partial charge in [-0.15, -0.1) is 11.3 Å². The smallest absolute Gasteiger partial charge is 0.331 e. The molecule has 0 radical (unpaired) electrons. The zero-order chi connectivity index (χ0) is 13.8. The van der Waals surface area contributed by atoms with Crippen molar-refractivity contribution in [3.63, 3.8) is 0 Å². The highest BCUT2D eigenvalue weighted by molar-refractivity contribution is 9.10. The molecule has 2 aromatic heterocycles. The van der Waals surface area contributed by atoms with Gasteiger partial charge in [0.25, 0.3) is 5.91 Å². The maximum Gasteiger partial charge on any atom is 0.331 e. The van der Waals surface area contributed by atoms with Crippen LogP contribution in [0.2, 0.25) is 0 Å². The molecule has 2 aromatic rings. The van der Waals surface area contributed by atoms with Gasteiger partial charge in [-0.25, -0.2) is 4.79 Å². The number of nitrogens with zero attached hydrogens (tertiary/aromatic N) is 1. The number of rotatable bonds is 4. The average molecular weight is 341 g/mol. The van der Waals surface area contributed by atoms with E-state index < -0.39 is 17.9 Å². The van der Waals surface area contributed by atoms with E-state index in [1.165, 1.54) is 17.5 Å². The summed E-state index contributed by atoms with van der Waals surface area (Å²) in [6.07, 6.45) is 2.93. The van der Waals surface area contributed by atoms with Crippen LogP contribution in [-0.4, -0.2) is 22.0 Å². The summed E-state index contributed by atoms with van der Waals surface area (Å²) >= 11 is 4.49. The minimum atomic E-state index is -1.10. The molecule has 1 atom stereocenters. The minimum absolute atomic E-state index is 0.303. The van der Waals surface area contributed by atoms with Crippen molar-refractivity contribution in [2.45, 2.75) is 6.04 Å². The third kappa shape index (κ3) is 3.39. The SMILES string of the molecule is O=C(NC(C(=O)O)c1cccs1)c1cncc(Br)c1. The number of carbonyl (C=O) groups is 2. The Kier molecular flexibility index (Phi) is 4.28. The number of nitrogens with one attached hydrogen (secondary N) is 1. The van der Waals surface area contributed by atoms with Crippen molar-refractivity contribution in [3.05, 3.63) is 50.9 Å². The molecule has 98 valence electrons. The van der Waals surface area contributed by atoms with Gasteiger partial charge in [0.1, 0.15) is 0 Å². The van der Waals surface area contributed by atoms with Crippen molar-refractivity contribution in [3.8, 4) is 0 Å². The van der Waals surface area contributed by atoms with Crippen LogP contribution < -0.4 is 5.32 Å². The normalized spacial score (nSPS) is 11.8. The van der Waals surface area contributed by atoms with Gasteiger partial charge in [-0.2, -0.15) is 0 Å². The van der Waals surface area contributed by atoms with Crippen molar-refractivity contribution in [2.24, 2.45) is 0 Å². The summed E-state index contributed by atoms with van der Waals surface area (Å²) in [4.78, 5) is 27.6. The second kappa shape index (κ2) is 5.94. The van der Waals surface area contributed by atoms with Gasteiger partial charge < -0.3 is 10.4 Å². The molecular weight excluding hydrogens is 332 g/mol. The number of carboxylic acids is 1. The number of amides is 1. The van der Waals surface area contributed by atoms with Gasteiger partial charge in [-0.1, -0.05) is 6.07 Å². The second-order valence-electron chi connectivity index (χ2n) is 3.65. The molecule has 7 heteroatoms. The van der Waals surface area contributed by atoms with E-state index in [0.29, 0.717) is 14.9 Å². The number of pyridine rings is 1. The number of hydrogen-bond donors (Lipinski definition) is 2. The number of carbonyl (C=O) groups excluding carboxylic acids is 1. The lowest BCUT2D eigenvalue weighted by molar-refractivity contribution is -0.139. The topological polar surface area (TPSA) is 79.3 Å². The van der Waals surface area contributed by atoms with Crippen LogP contribution in [-0.2, 0) is 4.79 Å². The molecule has 19 heavy (non-hydrogen) atoms. The summed E-state index contributed by atoms with van der Waals surface area (Å²) in [7, 11) is 0. The molecule has 0 saturated heterocycles. The lowest BCUT2D eigenvalue weighted by atomic mass is 10.2. The Bertz CT molecular complexity index is 601. The van der Waals surface area contributed by atoms with E-state index in [9.17, 15) is 9.59 Å². The lowest BCUT2D eigenvalue weighted by Crippen LogP contribution is -2.33. The number of aromatic nitrogens is 1. The number of carboxylic acid groups (broad SMARTS) is 1. The van der Waals surface area contributed by atoms with Gasteiger partial charge in [0, 0.05) is 21.7 Å². The number of hydrogen-bond acceptors (Lipinski definition) is 4. The van der Waals surface area contributed by atoms with Crippen LogP contribution in [0.4, 0.5) is 0 Å². The molecule has 5 nitrogen and oxygen atoms in total. The molecule has 0 aromatic carbocycles. The maximum atomic E-state index is 12.0. The van der Waals surface area contributed by atoms with E-state index in [1.807, 2.05) is 0 Å². The summed E-state index contributed by atoms with van der Waals surface area (Å²) in [5, 5.41) is 13.4. The summed E-state index contributed by atoms with van der Waals surface area (Å²) in [5.41, 5.74) is 0.303. The predicted molar refractivity (Wildman–Crippen MR) is 74.1 cm³/mol. The van der Waals surface area contributed by atoms with E-state index in [4.69, 9.17) is 5.11 Å². The Morgan fingerprint density at radius 2 is 2.21 bits per heavy atom. The predicted octanol–water partition coefficient (Wildman–Crippen LogP) is 2.46. The highest BCUT2D eigenvalue weighted by Crippen LogP contribution is 2.20. The molecule has 1 amide bonds. The van der Waals surface area contributed by atoms with Crippen LogP contribution in [0, 0.1) is 0 Å². The molecule has 0 fully saturated rings. The van der Waals surface area contributed by atoms with Crippen LogP contribution in [0.5, 0.6) is 0 Å². The van der Waals surface area contributed by atoms with Crippen LogP contribution in [0.1, 0.15) is 21.3 Å². The number of halogens is 1. The molecule has 0 aliphatic carbocycles. The van der Waals surface area contributed by atoms with Crippen LogP contribution in [0.3, 0.4) is 0 Å². The second-order valence-corrected chi connectivity index (χ2v) is 5.55. The Hall–Kier alpha value is -1.73. The van der Waals surface area contributed by atoms with Gasteiger partial charge in [0.2, 0.25) is 0 Å². The Morgan fingerprint density at radius 1 is 1.42 bits per heavy atom. The molecular formula is C12H9BrN2O3S. The third-order valence-corrected chi connectivity index (χ3v) is 3.69. The molecule has 2 N–H and O–H groups in total. The monoisotopic (exact) mass is 340 g/mol. The molecule has 0 bridgehead atoms. The summed E-state index contributed by atoms with van der Waals surface area (Å²) < 4.78 is 0.656. The van der Waals surface area contributed by atoms with Crippen molar-refractivity contribution < 1.29 is 14.7 Å². The van der Waals surface area contributed by atoms with Crippen molar-refractivity contribution in [1.82, 2.24) is 10.3 Å². The summed E-state index contributed by atoms with van der Waals surface area (Å²) in [6.45, 7) is 0. The highest BCUT2D eigenvalue weighted by Gasteiger charge is 2.23. The molecule has 0 aliphatic rings. The first-order valence-electron chi connectivity index (χ1n) is 5.25. The first kappa shape index (κ1) is 13.7. The Labute approximate surface area is 121 Å². The zero-order valence-electron chi connectivity index (χ0n) is 9.54. The molecule has 0 spiro atoms. The third-order valence-electron chi connectivity index (χ3n) is 2.32. The lowest BCUT2D eigenvalue weighted by Gasteiger charge is -2.12. The van der Waals surface area contributed by atoms with E-state index in [1.54, 1.807) is 29.8 Å². The maximum absolute atomic E-state index is 12.0. The standard InChI is InChI=1S/C12H9BrN2O3S/c13-8-4-7(5-14-6-8)11(16)15-10(12(17)18)9-2-1-3-19-9/h1-6,10H,(H,15,16)(H,17,18). The minimum Gasteiger partial charge on any atom is -0.479 e. The van der Waals surface area contributed by atoms with Gasteiger partial charge in [-0.05, 0) is 33.4 Å². The quantitative estimate of drug-likeness (QED) is 0.895. The van der Waals surface area contributed by atoms with Crippen molar-refractivity contribution >= 4 is 39.1 Å². The molecule has 1 unspecified atom stereocenters. The largest absolute Gasteiger partial charge is 0.479 e. The highest BCUT2D eigenvalue weighted by atomic mass is 79.9. The van der Waals surface area contributed by atoms with Crippen LogP contribution in [0.25, 0.3) is 0 Å². The summed E-state index contributed by atoms with van der Waals surface area (Å²) in [6, 6.07) is 3.94. The van der Waals surface area contributed by atoms with E-state index in [-0.39, 0.29) is 0 Å². The van der Waals surface area contributed by atoms with Crippen LogP contribution in [0.15, 0.2) is 40.4 Å². The van der Waals surface area contributed by atoms with E-state index >= 15 is 0 Å². The number of aliphatic carboxylic acids is 1. The average Bonchev–Trinajstić information content (AvgIpc) is 2.88. The fourth-order valence-corrected chi connectivity index (χ4v) is 2.59. The first-order valence-corrected chi connectivity index (χ1v) is 6.93. The zero-order valence-corrected chi connectivity index (χ0v) is 11.9. The van der Waals surface area contributed by atoms with E-state index in [2.05, 4.69) is 26.2 Å². The fraction of sp³-hybridized carbons (Fsp3) is 0.0833. The van der Waals surface area contributed by atoms with Gasteiger partial charge >= 0.3 is 5.97 Å². The van der Waals surface area contributed by atoms with E-state index in [0.717, 1.165) is 0 Å². The molecule has 2 heterocycles. The van der Waals surface area contributed by atoms with Crippen molar-refractivity contribution in [2.75, 3.05) is 0 Å². The van der Waals surface area contributed by atoms with Crippen LogP contribution >= 0.6 is 27.3 Å². The molecule has 0 aliphatic heterocycles. The van der Waals surface area contributed by atoms with Crippen molar-refractivity contribution in [1.29, 1.82) is 0 Å². The molecule has 0 saturated carbocycles. The number of thiophene rings is 1. The van der Waals surface area contributed by atoms with Gasteiger partial charge in [0.15, 0.2) is 6.04 Å². The Morgan fingerprint density at radius 3 is 2.79 bits per heavy atom. The summed E-state index contributed by atoms with van der Waals surface area (Å²) in [5.74, 6) is -1.58. The first-order chi connectivity index (χ1) is 9.08. The van der Waals surface area contributed by atoms with Gasteiger partial charge in [-0.3, -0.25) is 9.78 Å². The fourth-order valence-electron chi connectivity index (χ4n) is 1.46.